The van der Waals surface area contributed by atoms with Crippen molar-refractivity contribution in [3.8, 4) is 11.5 Å². The second-order valence-electron chi connectivity index (χ2n) is 10.8. The molecule has 2 aliphatic heterocycles. The van der Waals surface area contributed by atoms with Gasteiger partial charge >= 0.3 is 0 Å². The fourth-order valence-corrected chi connectivity index (χ4v) is 5.61. The summed E-state index contributed by atoms with van der Waals surface area (Å²) in [4.78, 5) is 20.4. The number of likely N-dealkylation sites (N-methyl/N-ethyl adjacent to an activating group) is 1. The largest absolute Gasteiger partial charge is 0.493 e. The number of methoxy groups -OCH3 is 1. The Hall–Kier alpha value is -3.26. The Morgan fingerprint density at radius 3 is 2.41 bits per heavy atom. The van der Waals surface area contributed by atoms with Gasteiger partial charge in [0.15, 0.2) is 11.5 Å². The van der Waals surface area contributed by atoms with E-state index in [4.69, 9.17) is 25.8 Å². The van der Waals surface area contributed by atoms with Crippen LogP contribution in [-0.2, 0) is 16.0 Å². The van der Waals surface area contributed by atoms with Crippen LogP contribution in [-0.4, -0.2) is 70.5 Å². The van der Waals surface area contributed by atoms with E-state index >= 15 is 0 Å². The van der Waals surface area contributed by atoms with Gasteiger partial charge < -0.3 is 24.0 Å². The van der Waals surface area contributed by atoms with Gasteiger partial charge in [0, 0.05) is 49.6 Å². The smallest absolute Gasteiger partial charge is 0.232 e. The highest BCUT2D eigenvalue weighted by Gasteiger charge is 2.36. The minimum atomic E-state index is -0.335. The van der Waals surface area contributed by atoms with Crippen LogP contribution in [0.2, 0.25) is 5.02 Å². The Balaban J connectivity index is 1.47. The van der Waals surface area contributed by atoms with E-state index in [-0.39, 0.29) is 24.5 Å². The number of hydrogen-bond donors (Lipinski definition) is 0. The van der Waals surface area contributed by atoms with Gasteiger partial charge in [-0.1, -0.05) is 30.7 Å². The summed E-state index contributed by atoms with van der Waals surface area (Å²) in [7, 11) is 3.75. The number of benzene rings is 3. The first-order valence-corrected chi connectivity index (χ1v) is 14.8. The number of carbonyl (C=O) groups is 1. The van der Waals surface area contributed by atoms with Gasteiger partial charge in [-0.05, 0) is 78.6 Å². The maximum atomic E-state index is 13.8. The number of ether oxygens (including phenoxy) is 3. The van der Waals surface area contributed by atoms with Gasteiger partial charge in [0.1, 0.15) is 0 Å². The van der Waals surface area contributed by atoms with Gasteiger partial charge in [-0.25, -0.2) is 0 Å². The minimum Gasteiger partial charge on any atom is -0.493 e. The molecule has 0 radical (unpaired) electrons. The van der Waals surface area contributed by atoms with Crippen molar-refractivity contribution in [2.24, 2.45) is 0 Å². The third-order valence-corrected chi connectivity index (χ3v) is 8.35. The average Bonchev–Trinajstić information content (AvgIpc) is 3.00. The van der Waals surface area contributed by atoms with Crippen molar-refractivity contribution in [2.45, 2.75) is 38.8 Å². The van der Waals surface area contributed by atoms with Crippen molar-refractivity contribution in [3.63, 3.8) is 0 Å². The lowest BCUT2D eigenvalue weighted by molar-refractivity contribution is -0.118. The van der Waals surface area contributed by atoms with Crippen LogP contribution in [0.15, 0.2) is 60.7 Å². The molecule has 0 aromatic heterocycles. The van der Waals surface area contributed by atoms with Gasteiger partial charge in [-0.15, -0.1) is 0 Å². The molecule has 0 aliphatic carbocycles. The first-order valence-electron chi connectivity index (χ1n) is 14.4. The predicted octanol–water partition coefficient (Wildman–Crippen LogP) is 5.97. The predicted molar refractivity (Wildman–Crippen MR) is 165 cm³/mol. The first-order chi connectivity index (χ1) is 19.9. The Bertz CT molecular complexity index is 1330. The Morgan fingerprint density at radius 2 is 1.76 bits per heavy atom. The monoisotopic (exact) mass is 577 g/mol. The number of fused-ring (bicyclic) bond motifs is 1. The molecule has 2 aliphatic rings. The number of morpholine rings is 1. The summed E-state index contributed by atoms with van der Waals surface area (Å²) in [6.45, 7) is 9.62. The van der Waals surface area contributed by atoms with Crippen molar-refractivity contribution in [3.05, 3.63) is 82.4 Å². The molecule has 1 unspecified atom stereocenters. The summed E-state index contributed by atoms with van der Waals surface area (Å²) in [5, 5.41) is 0.655. The Labute approximate surface area is 248 Å². The number of nitrogens with zero attached hydrogens (tertiary/aromatic N) is 3. The van der Waals surface area contributed by atoms with Crippen molar-refractivity contribution in [2.75, 3.05) is 63.4 Å². The van der Waals surface area contributed by atoms with E-state index in [1.54, 1.807) is 7.11 Å². The van der Waals surface area contributed by atoms with Crippen LogP contribution in [0.5, 0.6) is 11.5 Å². The maximum absolute atomic E-state index is 13.8. The molecule has 1 fully saturated rings. The van der Waals surface area contributed by atoms with Gasteiger partial charge in [-0.3, -0.25) is 9.69 Å². The molecule has 2 atom stereocenters. The average molecular weight is 578 g/mol. The molecule has 3 aromatic carbocycles. The van der Waals surface area contributed by atoms with Crippen molar-refractivity contribution in [1.82, 2.24) is 4.90 Å². The van der Waals surface area contributed by atoms with Crippen molar-refractivity contribution >= 4 is 28.9 Å². The topological polar surface area (TPSA) is 54.5 Å². The molecule has 218 valence electrons. The Kier molecular flexibility index (Phi) is 9.38. The number of hydrogen-bond acceptors (Lipinski definition) is 6. The van der Waals surface area contributed by atoms with Crippen LogP contribution >= 0.6 is 11.6 Å². The Morgan fingerprint density at radius 1 is 1.05 bits per heavy atom. The second kappa shape index (κ2) is 13.1. The van der Waals surface area contributed by atoms with Crippen LogP contribution in [0.25, 0.3) is 0 Å². The van der Waals surface area contributed by atoms with E-state index in [0.29, 0.717) is 16.5 Å². The molecule has 8 heteroatoms. The minimum absolute atomic E-state index is 0.0310. The number of carbonyl (C=O) groups excluding carboxylic acids is 1. The molecule has 5 rings (SSSR count). The zero-order chi connectivity index (χ0) is 28.9. The standard InChI is InChI=1S/C33H40ClN3O4/c1-5-23(2)41-31-22-29-25(20-30(31)39-4)21-32(38)37(33(29)24-6-8-26(34)9-7-24)28-12-10-27(11-13-28)35(3)14-15-36-16-18-40-19-17-36/h6-13,20,22-23,33H,5,14-19,21H2,1-4H3/t23-,33?/m1/s1. The van der Waals surface area contributed by atoms with E-state index in [2.05, 4.69) is 35.9 Å². The van der Waals surface area contributed by atoms with Crippen LogP contribution < -0.4 is 19.3 Å². The van der Waals surface area contributed by atoms with Gasteiger partial charge in [-0.2, -0.15) is 0 Å². The highest BCUT2D eigenvalue weighted by molar-refractivity contribution is 6.30. The normalized spacial score (nSPS) is 18.1. The zero-order valence-corrected chi connectivity index (χ0v) is 25.2. The van der Waals surface area contributed by atoms with Crippen LogP contribution in [0.4, 0.5) is 11.4 Å². The zero-order valence-electron chi connectivity index (χ0n) is 24.4. The van der Waals surface area contributed by atoms with E-state index < -0.39 is 0 Å². The van der Waals surface area contributed by atoms with Gasteiger partial charge in [0.2, 0.25) is 5.91 Å². The molecule has 0 spiro atoms. The van der Waals surface area contributed by atoms with Crippen LogP contribution in [0.3, 0.4) is 0 Å². The fraction of sp³-hybridized carbons (Fsp3) is 0.424. The molecule has 1 saturated heterocycles. The van der Waals surface area contributed by atoms with Crippen LogP contribution in [0, 0.1) is 0 Å². The summed E-state index contributed by atoms with van der Waals surface area (Å²) < 4.78 is 17.4. The summed E-state index contributed by atoms with van der Waals surface area (Å²) in [5.41, 5.74) is 4.92. The van der Waals surface area contributed by atoms with Gasteiger partial charge in [0.05, 0.1) is 38.9 Å². The third kappa shape index (κ3) is 6.64. The van der Waals surface area contributed by atoms with Gasteiger partial charge in [0.25, 0.3) is 0 Å². The highest BCUT2D eigenvalue weighted by atomic mass is 35.5. The molecule has 0 bridgehead atoms. The van der Waals surface area contributed by atoms with E-state index in [9.17, 15) is 4.79 Å². The van der Waals surface area contributed by atoms with Crippen molar-refractivity contribution in [1.29, 1.82) is 0 Å². The first kappa shape index (κ1) is 29.2. The SMILES string of the molecule is CC[C@@H](C)Oc1cc2c(cc1OC)CC(=O)N(c1ccc(N(C)CCN3CCOCC3)cc1)C2c1ccc(Cl)cc1. The molecule has 3 aromatic rings. The number of halogens is 1. The molecular weight excluding hydrogens is 538 g/mol. The summed E-state index contributed by atoms with van der Waals surface area (Å²) in [5.74, 6) is 1.36. The number of amides is 1. The lowest BCUT2D eigenvalue weighted by Crippen LogP contribution is -2.41. The van der Waals surface area contributed by atoms with Crippen molar-refractivity contribution < 1.29 is 19.0 Å². The molecule has 0 saturated carbocycles. The molecule has 0 N–H and O–H groups in total. The summed E-state index contributed by atoms with van der Waals surface area (Å²) in [6, 6.07) is 19.7. The molecule has 7 nitrogen and oxygen atoms in total. The number of anilines is 2. The molecule has 41 heavy (non-hydrogen) atoms. The molecule has 2 heterocycles. The van der Waals surface area contributed by atoms with E-state index in [0.717, 1.165) is 73.9 Å². The summed E-state index contributed by atoms with van der Waals surface area (Å²) >= 11 is 6.26. The lowest BCUT2D eigenvalue weighted by atomic mass is 9.86. The van der Waals surface area contributed by atoms with E-state index in [1.165, 1.54) is 0 Å². The van der Waals surface area contributed by atoms with Crippen LogP contribution in [0.1, 0.15) is 43.0 Å². The highest BCUT2D eigenvalue weighted by Crippen LogP contribution is 2.44. The second-order valence-corrected chi connectivity index (χ2v) is 11.3. The third-order valence-electron chi connectivity index (χ3n) is 8.10. The fourth-order valence-electron chi connectivity index (χ4n) is 5.49. The molecular formula is C33H40ClN3O4. The van der Waals surface area contributed by atoms with E-state index in [1.807, 2.05) is 60.4 Å². The maximum Gasteiger partial charge on any atom is 0.232 e. The summed E-state index contributed by atoms with van der Waals surface area (Å²) in [6.07, 6.45) is 1.18. The number of rotatable bonds is 10. The lowest BCUT2D eigenvalue weighted by Gasteiger charge is -2.38. The molecule has 1 amide bonds. The quantitative estimate of drug-likeness (QED) is 0.296.